The topological polar surface area (TPSA) is 62.0 Å². The predicted molar refractivity (Wildman–Crippen MR) is 51.8 cm³/mol. The van der Waals surface area contributed by atoms with Crippen molar-refractivity contribution in [2.45, 2.75) is 0 Å². The molecule has 84 valence electrons. The minimum Gasteiger partial charge on any atom is -1.00 e. The van der Waals surface area contributed by atoms with Crippen molar-refractivity contribution in [1.82, 2.24) is 0 Å². The van der Waals surface area contributed by atoms with Crippen LogP contribution in [0.5, 0.6) is 11.5 Å². The van der Waals surface area contributed by atoms with Gasteiger partial charge in [-0.05, 0) is 18.2 Å². The average molecular weight is 232 g/mol. The van der Waals surface area contributed by atoms with Crippen molar-refractivity contribution in [3.05, 3.63) is 23.8 Å². The Balaban J connectivity index is 0.00000196. The summed E-state index contributed by atoms with van der Waals surface area (Å²) in [4.78, 5) is 12.5. The second kappa shape index (κ2) is 5.58. The second-order valence-electron chi connectivity index (χ2n) is 3.51. The Labute approximate surface area is 94.6 Å². The van der Waals surface area contributed by atoms with Crippen LogP contribution in [-0.2, 0) is 0 Å². The molecule has 0 aromatic heterocycles. The molecule has 1 aromatic rings. The normalized spacial score (nSPS) is 9.80. The molecule has 0 saturated carbocycles. The Hall–Kier alpha value is -1.26. The van der Waals surface area contributed by atoms with Crippen LogP contribution in [0.4, 0.5) is 0 Å². The number of likely N-dealkylation sites (N-methyl/N-ethyl adjacent to an activating group) is 1. The van der Waals surface area contributed by atoms with Crippen LogP contribution in [0.3, 0.4) is 0 Å². The number of carbonyl (C=O) groups is 1. The van der Waals surface area contributed by atoms with E-state index in [0.29, 0.717) is 12.1 Å². The van der Waals surface area contributed by atoms with Gasteiger partial charge in [0.1, 0.15) is 6.54 Å². The van der Waals surface area contributed by atoms with E-state index in [2.05, 4.69) is 0 Å². The van der Waals surface area contributed by atoms with E-state index in [0.717, 1.165) is 4.90 Å². The summed E-state index contributed by atoms with van der Waals surface area (Å²) in [6.07, 6.45) is 0. The Morgan fingerprint density at radius 1 is 1.27 bits per heavy atom. The fourth-order valence-corrected chi connectivity index (χ4v) is 1.12. The predicted octanol–water partition coefficient (Wildman–Crippen LogP) is -3.57. The highest BCUT2D eigenvalue weighted by Crippen LogP contribution is 2.24. The highest BCUT2D eigenvalue weighted by atomic mass is 35.5. The van der Waals surface area contributed by atoms with Crippen molar-refractivity contribution in [2.24, 2.45) is 0 Å². The van der Waals surface area contributed by atoms with E-state index in [1.807, 2.05) is 14.1 Å². The van der Waals surface area contributed by atoms with Gasteiger partial charge in [0, 0.05) is 5.56 Å². The number of rotatable bonds is 3. The van der Waals surface area contributed by atoms with Gasteiger partial charge in [0.05, 0.1) is 14.1 Å². The van der Waals surface area contributed by atoms with Gasteiger partial charge < -0.3 is 27.5 Å². The molecule has 0 radical (unpaired) electrons. The molecule has 0 bridgehead atoms. The highest BCUT2D eigenvalue weighted by Gasteiger charge is 2.11. The summed E-state index contributed by atoms with van der Waals surface area (Å²) >= 11 is 0. The molecule has 15 heavy (non-hydrogen) atoms. The van der Waals surface area contributed by atoms with E-state index >= 15 is 0 Å². The van der Waals surface area contributed by atoms with Crippen LogP contribution in [0.15, 0.2) is 18.2 Å². The first-order valence-corrected chi connectivity index (χ1v) is 4.35. The van der Waals surface area contributed by atoms with Crippen LogP contribution in [0, 0.1) is 0 Å². The van der Waals surface area contributed by atoms with E-state index in [-0.39, 0.29) is 29.7 Å². The molecule has 1 aromatic carbocycles. The number of halogens is 1. The summed E-state index contributed by atoms with van der Waals surface area (Å²) in [7, 11) is 3.75. The quantitative estimate of drug-likeness (QED) is 0.373. The van der Waals surface area contributed by atoms with Crippen LogP contribution in [-0.4, -0.2) is 36.6 Å². The number of ketones is 1. The van der Waals surface area contributed by atoms with Crippen LogP contribution < -0.4 is 17.3 Å². The molecule has 0 amide bonds. The third kappa shape index (κ3) is 3.77. The third-order valence-electron chi connectivity index (χ3n) is 1.81. The van der Waals surface area contributed by atoms with Gasteiger partial charge in [0.25, 0.3) is 0 Å². The van der Waals surface area contributed by atoms with E-state index in [1.54, 1.807) is 0 Å². The van der Waals surface area contributed by atoms with Crippen molar-refractivity contribution in [1.29, 1.82) is 0 Å². The van der Waals surface area contributed by atoms with Crippen molar-refractivity contribution in [2.75, 3.05) is 20.6 Å². The average Bonchev–Trinajstić information content (AvgIpc) is 2.08. The van der Waals surface area contributed by atoms with Gasteiger partial charge in [0.15, 0.2) is 11.5 Å². The van der Waals surface area contributed by atoms with Crippen LogP contribution in [0.1, 0.15) is 10.4 Å². The minimum absolute atomic E-state index is 0. The maximum atomic E-state index is 11.5. The molecule has 0 heterocycles. The van der Waals surface area contributed by atoms with E-state index < -0.39 is 0 Å². The van der Waals surface area contributed by atoms with Gasteiger partial charge in [-0.1, -0.05) is 0 Å². The molecule has 0 atom stereocenters. The summed E-state index contributed by atoms with van der Waals surface area (Å²) in [5.41, 5.74) is 0.418. The highest BCUT2D eigenvalue weighted by molar-refractivity contribution is 5.97. The smallest absolute Gasteiger partial charge is 0.216 e. The molecule has 5 heteroatoms. The third-order valence-corrected chi connectivity index (χ3v) is 1.81. The molecule has 0 unspecified atom stereocenters. The van der Waals surface area contributed by atoms with Crippen LogP contribution in [0.25, 0.3) is 0 Å². The first-order chi connectivity index (χ1) is 6.50. The number of benzene rings is 1. The Morgan fingerprint density at radius 3 is 2.33 bits per heavy atom. The lowest BCUT2D eigenvalue weighted by atomic mass is 10.1. The molecule has 0 saturated heterocycles. The van der Waals surface area contributed by atoms with Crippen LogP contribution in [0.2, 0.25) is 0 Å². The number of aromatic hydroxyl groups is 2. The van der Waals surface area contributed by atoms with Crippen molar-refractivity contribution < 1.29 is 32.3 Å². The minimum atomic E-state index is -0.260. The maximum Gasteiger partial charge on any atom is 0.216 e. The number of phenols is 2. The number of nitrogens with one attached hydrogen (secondary N) is 1. The summed E-state index contributed by atoms with van der Waals surface area (Å²) in [5, 5.41) is 18.2. The van der Waals surface area contributed by atoms with E-state index in [4.69, 9.17) is 5.11 Å². The van der Waals surface area contributed by atoms with Gasteiger partial charge in [-0.3, -0.25) is 4.79 Å². The lowest BCUT2D eigenvalue weighted by molar-refractivity contribution is -0.848. The molecular formula is C10H14ClNO3. The number of carbonyl (C=O) groups excluding carboxylic acids is 1. The molecule has 4 nitrogen and oxygen atoms in total. The summed E-state index contributed by atoms with van der Waals surface area (Å²) in [5.74, 6) is -0.524. The van der Waals surface area contributed by atoms with Crippen molar-refractivity contribution >= 4 is 5.78 Å². The first-order valence-electron chi connectivity index (χ1n) is 4.35. The molecule has 0 fully saturated rings. The van der Waals surface area contributed by atoms with Crippen LogP contribution >= 0.6 is 0 Å². The molecule has 1 rings (SSSR count). The molecule has 0 aliphatic carbocycles. The standard InChI is InChI=1S/C10H13NO3.ClH/c1-11(2)6-10(14)7-3-4-8(12)9(13)5-7;/h3-5,12-13H,6H2,1-2H3;1H. The molecule has 0 aliphatic heterocycles. The first kappa shape index (κ1) is 13.7. The van der Waals surface area contributed by atoms with E-state index in [9.17, 15) is 9.90 Å². The van der Waals surface area contributed by atoms with Gasteiger partial charge in [-0.2, -0.15) is 0 Å². The zero-order chi connectivity index (χ0) is 10.7. The molecule has 0 aliphatic rings. The monoisotopic (exact) mass is 231 g/mol. The van der Waals surface area contributed by atoms with Gasteiger partial charge in [-0.15, -0.1) is 0 Å². The summed E-state index contributed by atoms with van der Waals surface area (Å²) in [6.45, 7) is 0.365. The number of Topliss-reactive ketones (excluding diaryl/α,β-unsaturated/α-hetero) is 1. The van der Waals surface area contributed by atoms with Gasteiger partial charge in [-0.25, -0.2) is 0 Å². The SMILES string of the molecule is C[NH+](C)CC(=O)c1ccc(O)c(O)c1.[Cl-]. The van der Waals surface area contributed by atoms with Crippen molar-refractivity contribution in [3.63, 3.8) is 0 Å². The Kier molecular flexibility index (Phi) is 5.11. The maximum absolute atomic E-state index is 11.5. The lowest BCUT2D eigenvalue weighted by Crippen LogP contribution is -3.06. The fraction of sp³-hybridized carbons (Fsp3) is 0.300. The van der Waals surface area contributed by atoms with E-state index in [1.165, 1.54) is 18.2 Å². The number of hydrogen-bond acceptors (Lipinski definition) is 3. The summed E-state index contributed by atoms with van der Waals surface area (Å²) < 4.78 is 0. The molecule has 0 spiro atoms. The zero-order valence-electron chi connectivity index (χ0n) is 8.62. The molecular weight excluding hydrogens is 218 g/mol. The number of hydrogen-bond donors (Lipinski definition) is 3. The lowest BCUT2D eigenvalue weighted by Gasteiger charge is -2.06. The fourth-order valence-electron chi connectivity index (χ4n) is 1.12. The zero-order valence-corrected chi connectivity index (χ0v) is 9.38. The van der Waals surface area contributed by atoms with Crippen molar-refractivity contribution in [3.8, 4) is 11.5 Å². The largest absolute Gasteiger partial charge is 1.00 e. The van der Waals surface area contributed by atoms with Gasteiger partial charge in [0.2, 0.25) is 5.78 Å². The second-order valence-corrected chi connectivity index (χ2v) is 3.51. The van der Waals surface area contributed by atoms with Gasteiger partial charge >= 0.3 is 0 Å². The summed E-state index contributed by atoms with van der Waals surface area (Å²) in [6, 6.07) is 4.09. The number of quaternary nitrogens is 1. The molecule has 3 N–H and O–H groups in total. The number of phenolic OH excluding ortho intramolecular Hbond substituents is 2. The Morgan fingerprint density at radius 2 is 1.87 bits per heavy atom. The Bertz CT molecular complexity index is 353.